The Bertz CT molecular complexity index is 822. The Balaban J connectivity index is 1.41. The molecule has 4 rings (SSSR count). The molecule has 0 unspecified atom stereocenters. The summed E-state index contributed by atoms with van der Waals surface area (Å²) in [5.41, 5.74) is 3.12. The molecule has 0 radical (unpaired) electrons. The van der Waals surface area contributed by atoms with Crippen molar-refractivity contribution in [1.82, 2.24) is 29.6 Å². The summed E-state index contributed by atoms with van der Waals surface area (Å²) < 4.78 is 1.78. The lowest BCUT2D eigenvalue weighted by Gasteiger charge is -2.35. The molecule has 0 N–H and O–H groups in total. The van der Waals surface area contributed by atoms with Gasteiger partial charge < -0.3 is 4.90 Å². The summed E-state index contributed by atoms with van der Waals surface area (Å²) in [6.07, 6.45) is 11.2. The molecule has 7 heteroatoms. The van der Waals surface area contributed by atoms with Crippen LogP contribution in [-0.4, -0.2) is 55.8 Å². The zero-order chi connectivity index (χ0) is 17.1. The van der Waals surface area contributed by atoms with Crippen LogP contribution < -0.4 is 4.90 Å². The summed E-state index contributed by atoms with van der Waals surface area (Å²) >= 11 is 0. The van der Waals surface area contributed by atoms with Crippen molar-refractivity contribution < 1.29 is 0 Å². The monoisotopic (exact) mass is 335 g/mol. The van der Waals surface area contributed by atoms with Crippen LogP contribution >= 0.6 is 0 Å². The van der Waals surface area contributed by atoms with E-state index < -0.39 is 0 Å². The van der Waals surface area contributed by atoms with Gasteiger partial charge in [-0.3, -0.25) is 19.5 Å². The molecular formula is C18H21N7. The lowest BCUT2D eigenvalue weighted by molar-refractivity contribution is 0.249. The van der Waals surface area contributed by atoms with E-state index in [0.29, 0.717) is 0 Å². The first kappa shape index (κ1) is 15.7. The summed E-state index contributed by atoms with van der Waals surface area (Å²) in [6.45, 7) is 4.86. The molecule has 1 saturated heterocycles. The Morgan fingerprint density at radius 3 is 2.60 bits per heavy atom. The second kappa shape index (κ2) is 6.98. The minimum absolute atomic E-state index is 0.864. The van der Waals surface area contributed by atoms with Crippen molar-refractivity contribution in [2.75, 3.05) is 31.1 Å². The van der Waals surface area contributed by atoms with E-state index in [1.807, 2.05) is 44.1 Å². The van der Waals surface area contributed by atoms with Crippen LogP contribution in [0.4, 0.5) is 5.82 Å². The maximum Gasteiger partial charge on any atom is 0.147 e. The van der Waals surface area contributed by atoms with E-state index in [9.17, 15) is 0 Å². The Morgan fingerprint density at radius 2 is 1.88 bits per heavy atom. The minimum atomic E-state index is 0.864. The number of anilines is 1. The molecule has 4 heterocycles. The second-order valence-corrected chi connectivity index (χ2v) is 6.29. The number of hydrogen-bond acceptors (Lipinski definition) is 6. The average molecular weight is 335 g/mol. The summed E-state index contributed by atoms with van der Waals surface area (Å²) in [5, 5.41) is 4.21. The number of aryl methyl sites for hydroxylation is 1. The van der Waals surface area contributed by atoms with Crippen LogP contribution in [0.2, 0.25) is 0 Å². The fraction of sp³-hybridized carbons (Fsp3) is 0.333. The molecule has 1 aliphatic rings. The molecular weight excluding hydrogens is 314 g/mol. The fourth-order valence-corrected chi connectivity index (χ4v) is 3.09. The molecule has 0 bridgehead atoms. The normalized spacial score (nSPS) is 15.5. The van der Waals surface area contributed by atoms with E-state index in [4.69, 9.17) is 4.98 Å². The van der Waals surface area contributed by atoms with E-state index in [1.54, 1.807) is 10.9 Å². The highest BCUT2D eigenvalue weighted by Gasteiger charge is 2.19. The summed E-state index contributed by atoms with van der Waals surface area (Å²) in [7, 11) is 1.91. The third-order valence-corrected chi connectivity index (χ3v) is 4.45. The molecule has 1 aliphatic heterocycles. The van der Waals surface area contributed by atoms with Gasteiger partial charge in [-0.2, -0.15) is 5.10 Å². The predicted molar refractivity (Wildman–Crippen MR) is 96.0 cm³/mol. The lowest BCUT2D eigenvalue weighted by Crippen LogP contribution is -2.46. The Hall–Kier alpha value is -2.80. The fourth-order valence-electron chi connectivity index (χ4n) is 3.09. The van der Waals surface area contributed by atoms with E-state index in [2.05, 4.69) is 30.9 Å². The van der Waals surface area contributed by atoms with Crippen molar-refractivity contribution in [1.29, 1.82) is 0 Å². The van der Waals surface area contributed by atoms with Gasteiger partial charge in [-0.05, 0) is 11.6 Å². The van der Waals surface area contributed by atoms with Crippen molar-refractivity contribution in [3.05, 3.63) is 54.9 Å². The van der Waals surface area contributed by atoms with Crippen LogP contribution in [0.5, 0.6) is 0 Å². The average Bonchev–Trinajstić information content (AvgIpc) is 3.10. The molecule has 0 aromatic carbocycles. The van der Waals surface area contributed by atoms with Crippen molar-refractivity contribution in [2.24, 2.45) is 7.05 Å². The van der Waals surface area contributed by atoms with Gasteiger partial charge in [0.25, 0.3) is 0 Å². The zero-order valence-electron chi connectivity index (χ0n) is 14.3. The van der Waals surface area contributed by atoms with Crippen LogP contribution in [0, 0.1) is 0 Å². The molecule has 128 valence electrons. The SMILES string of the molecule is Cn1cc(-c2cncc(N3CCN(Cc4cccnc4)CC3)n2)cn1. The maximum atomic E-state index is 4.77. The predicted octanol–water partition coefficient (Wildman–Crippen LogP) is 1.59. The maximum absolute atomic E-state index is 4.77. The Morgan fingerprint density at radius 1 is 1.00 bits per heavy atom. The van der Waals surface area contributed by atoms with Gasteiger partial charge in [0.2, 0.25) is 0 Å². The Labute approximate surface area is 147 Å². The van der Waals surface area contributed by atoms with Crippen molar-refractivity contribution in [3.8, 4) is 11.3 Å². The highest BCUT2D eigenvalue weighted by Crippen LogP contribution is 2.20. The number of hydrogen-bond donors (Lipinski definition) is 0. The molecule has 0 atom stereocenters. The molecule has 0 saturated carbocycles. The number of rotatable bonds is 4. The van der Waals surface area contributed by atoms with Gasteiger partial charge in [-0.15, -0.1) is 0 Å². The van der Waals surface area contributed by atoms with Crippen LogP contribution in [0.3, 0.4) is 0 Å². The third kappa shape index (κ3) is 3.66. The van der Waals surface area contributed by atoms with Gasteiger partial charge >= 0.3 is 0 Å². The molecule has 25 heavy (non-hydrogen) atoms. The van der Waals surface area contributed by atoms with E-state index in [-0.39, 0.29) is 0 Å². The highest BCUT2D eigenvalue weighted by molar-refractivity contribution is 5.58. The summed E-state index contributed by atoms with van der Waals surface area (Å²) in [5.74, 6) is 0.933. The Kier molecular flexibility index (Phi) is 4.39. The van der Waals surface area contributed by atoms with Gasteiger partial charge in [0.15, 0.2) is 0 Å². The van der Waals surface area contributed by atoms with E-state index >= 15 is 0 Å². The van der Waals surface area contributed by atoms with Crippen LogP contribution in [0.1, 0.15) is 5.56 Å². The third-order valence-electron chi connectivity index (χ3n) is 4.45. The number of pyridine rings is 1. The summed E-state index contributed by atoms with van der Waals surface area (Å²) in [6, 6.07) is 4.12. The standard InChI is InChI=1S/C18H21N7/c1-23-14-16(10-21-23)17-11-20-12-18(22-17)25-7-5-24(6-8-25)13-15-3-2-4-19-9-15/h2-4,9-12,14H,5-8,13H2,1H3. The van der Waals surface area contributed by atoms with Crippen LogP contribution in [0.25, 0.3) is 11.3 Å². The smallest absolute Gasteiger partial charge is 0.147 e. The topological polar surface area (TPSA) is 63.0 Å². The van der Waals surface area contributed by atoms with Crippen LogP contribution in [0.15, 0.2) is 49.3 Å². The quantitative estimate of drug-likeness (QED) is 0.722. The molecule has 1 fully saturated rings. The zero-order valence-corrected chi connectivity index (χ0v) is 14.3. The first-order valence-corrected chi connectivity index (χ1v) is 8.45. The van der Waals surface area contributed by atoms with Gasteiger partial charge in [0, 0.05) is 63.9 Å². The van der Waals surface area contributed by atoms with Gasteiger partial charge in [0.1, 0.15) is 5.82 Å². The largest absolute Gasteiger partial charge is 0.353 e. The van der Waals surface area contributed by atoms with Gasteiger partial charge in [-0.25, -0.2) is 4.98 Å². The molecule has 7 nitrogen and oxygen atoms in total. The molecule has 0 aliphatic carbocycles. The molecule has 3 aromatic rings. The van der Waals surface area contributed by atoms with Crippen LogP contribution in [-0.2, 0) is 13.6 Å². The minimum Gasteiger partial charge on any atom is -0.353 e. The highest BCUT2D eigenvalue weighted by atomic mass is 15.3. The first-order valence-electron chi connectivity index (χ1n) is 8.45. The number of nitrogens with zero attached hydrogens (tertiary/aromatic N) is 7. The number of piperazine rings is 1. The van der Waals surface area contributed by atoms with Crippen molar-refractivity contribution in [3.63, 3.8) is 0 Å². The number of aromatic nitrogens is 5. The first-order chi connectivity index (χ1) is 12.3. The lowest BCUT2D eigenvalue weighted by atomic mass is 10.2. The van der Waals surface area contributed by atoms with Gasteiger partial charge in [0.05, 0.1) is 24.3 Å². The van der Waals surface area contributed by atoms with Crippen molar-refractivity contribution in [2.45, 2.75) is 6.54 Å². The van der Waals surface area contributed by atoms with E-state index in [1.165, 1.54) is 5.56 Å². The molecule has 0 spiro atoms. The summed E-state index contributed by atoms with van der Waals surface area (Å²) in [4.78, 5) is 18.1. The van der Waals surface area contributed by atoms with E-state index in [0.717, 1.165) is 49.8 Å². The second-order valence-electron chi connectivity index (χ2n) is 6.29. The molecule has 0 amide bonds. The van der Waals surface area contributed by atoms with Crippen molar-refractivity contribution >= 4 is 5.82 Å². The molecule has 3 aromatic heterocycles. The van der Waals surface area contributed by atoms with Gasteiger partial charge in [-0.1, -0.05) is 6.07 Å².